The van der Waals surface area contributed by atoms with E-state index in [0.717, 1.165) is 56.1 Å². The number of carbonyl (C=O) groups is 1. The van der Waals surface area contributed by atoms with E-state index < -0.39 is 0 Å². The first-order valence-corrected chi connectivity index (χ1v) is 10.1. The molecule has 4 rings (SSSR count). The Morgan fingerprint density at radius 3 is 2.59 bits per heavy atom. The normalized spacial score (nSPS) is 21.1. The Morgan fingerprint density at radius 2 is 1.81 bits per heavy atom. The fourth-order valence-electron chi connectivity index (χ4n) is 4.12. The summed E-state index contributed by atoms with van der Waals surface area (Å²) in [4.78, 5) is 18.9. The molecule has 7 nitrogen and oxygen atoms in total. The average Bonchev–Trinajstić information content (AvgIpc) is 2.83. The first kappa shape index (κ1) is 18.1. The van der Waals surface area contributed by atoms with Crippen molar-refractivity contribution in [3.05, 3.63) is 30.4 Å². The topological polar surface area (TPSA) is 75.9 Å². The molecule has 144 valence electrons. The molecular formula is C20H28N6O. The van der Waals surface area contributed by atoms with Gasteiger partial charge in [-0.15, -0.1) is 10.2 Å². The van der Waals surface area contributed by atoms with Crippen LogP contribution in [0.4, 0.5) is 0 Å². The molecule has 1 saturated heterocycles. The van der Waals surface area contributed by atoms with Gasteiger partial charge in [0.15, 0.2) is 5.82 Å². The van der Waals surface area contributed by atoms with Gasteiger partial charge < -0.3 is 9.88 Å². The predicted octanol–water partition coefficient (Wildman–Crippen LogP) is 2.04. The minimum absolute atomic E-state index is 0.161. The highest BCUT2D eigenvalue weighted by atomic mass is 16.2. The Balaban J connectivity index is 1.35. The second kappa shape index (κ2) is 8.61. The van der Waals surface area contributed by atoms with Crippen molar-refractivity contribution in [3.63, 3.8) is 0 Å². The molecule has 2 aliphatic heterocycles. The molecule has 1 atom stereocenters. The minimum Gasteiger partial charge on any atom is -0.352 e. The molecule has 1 unspecified atom stereocenters. The van der Waals surface area contributed by atoms with E-state index in [4.69, 9.17) is 0 Å². The van der Waals surface area contributed by atoms with E-state index in [2.05, 4.69) is 30.0 Å². The van der Waals surface area contributed by atoms with Crippen LogP contribution in [0.5, 0.6) is 0 Å². The van der Waals surface area contributed by atoms with Crippen LogP contribution in [0.15, 0.2) is 24.5 Å². The van der Waals surface area contributed by atoms with Crippen molar-refractivity contribution < 1.29 is 4.79 Å². The van der Waals surface area contributed by atoms with Gasteiger partial charge in [-0.2, -0.15) is 0 Å². The molecular weight excluding hydrogens is 340 g/mol. The van der Waals surface area contributed by atoms with E-state index in [1.54, 1.807) is 12.4 Å². The number of fused-ring (bicyclic) bond motifs is 1. The van der Waals surface area contributed by atoms with Gasteiger partial charge in [-0.25, -0.2) is 0 Å². The lowest BCUT2D eigenvalue weighted by Crippen LogP contribution is -2.42. The molecule has 2 aromatic heterocycles. The van der Waals surface area contributed by atoms with Gasteiger partial charge in [0.2, 0.25) is 5.91 Å². The molecule has 0 bridgehead atoms. The molecule has 2 aromatic rings. The summed E-state index contributed by atoms with van der Waals surface area (Å²) in [6.07, 6.45) is 11.2. The number of aryl methyl sites for hydroxylation is 1. The fourth-order valence-corrected chi connectivity index (χ4v) is 4.12. The van der Waals surface area contributed by atoms with Crippen LogP contribution in [-0.4, -0.2) is 56.2 Å². The van der Waals surface area contributed by atoms with Crippen molar-refractivity contribution in [1.29, 1.82) is 0 Å². The van der Waals surface area contributed by atoms with Gasteiger partial charge in [0.05, 0.1) is 6.54 Å². The lowest BCUT2D eigenvalue weighted by Gasteiger charge is -2.22. The molecule has 0 radical (unpaired) electrons. The van der Waals surface area contributed by atoms with Crippen molar-refractivity contribution in [2.24, 2.45) is 0 Å². The highest BCUT2D eigenvalue weighted by Crippen LogP contribution is 2.22. The monoisotopic (exact) mass is 368 g/mol. The highest BCUT2D eigenvalue weighted by Gasteiger charge is 2.23. The number of pyridine rings is 1. The average molecular weight is 368 g/mol. The molecule has 0 aromatic carbocycles. The van der Waals surface area contributed by atoms with Gasteiger partial charge in [-0.05, 0) is 50.9 Å². The number of carbonyl (C=O) groups excluding carboxylic acids is 1. The Morgan fingerprint density at radius 1 is 1.04 bits per heavy atom. The Kier molecular flexibility index (Phi) is 5.77. The smallest absolute Gasteiger partial charge is 0.234 e. The SMILES string of the molecule is O=C(CN1CCCCCC1)NC1CCc2nnc(-c3ccncc3)n2CC1. The molecule has 2 aliphatic rings. The van der Waals surface area contributed by atoms with Crippen LogP contribution in [-0.2, 0) is 17.8 Å². The van der Waals surface area contributed by atoms with Crippen LogP contribution in [0.3, 0.4) is 0 Å². The standard InChI is InChI=1S/C20H28N6O/c27-19(15-25-12-3-1-2-4-13-25)22-17-5-6-18-23-24-20(26(18)14-9-17)16-7-10-21-11-8-16/h7-8,10-11,17H,1-6,9,12-15H2,(H,22,27). The van der Waals surface area contributed by atoms with Crippen LogP contribution in [0.1, 0.15) is 44.3 Å². The lowest BCUT2D eigenvalue weighted by atomic mass is 10.1. The first-order chi connectivity index (χ1) is 13.3. The quantitative estimate of drug-likeness (QED) is 0.894. The number of likely N-dealkylation sites (tertiary alicyclic amines) is 1. The second-order valence-corrected chi connectivity index (χ2v) is 7.61. The Labute approximate surface area is 160 Å². The fraction of sp³-hybridized carbons (Fsp3) is 0.600. The summed E-state index contributed by atoms with van der Waals surface area (Å²) < 4.78 is 2.19. The summed E-state index contributed by atoms with van der Waals surface area (Å²) >= 11 is 0. The number of nitrogens with one attached hydrogen (secondary N) is 1. The van der Waals surface area contributed by atoms with E-state index >= 15 is 0 Å². The maximum Gasteiger partial charge on any atom is 0.234 e. The summed E-state index contributed by atoms with van der Waals surface area (Å²) in [6.45, 7) is 3.46. The molecule has 27 heavy (non-hydrogen) atoms. The second-order valence-electron chi connectivity index (χ2n) is 7.61. The minimum atomic E-state index is 0.161. The van der Waals surface area contributed by atoms with Gasteiger partial charge in [-0.3, -0.25) is 14.7 Å². The zero-order valence-electron chi connectivity index (χ0n) is 15.8. The van der Waals surface area contributed by atoms with Crippen LogP contribution >= 0.6 is 0 Å². The van der Waals surface area contributed by atoms with E-state index in [0.29, 0.717) is 6.54 Å². The molecule has 0 saturated carbocycles. The van der Waals surface area contributed by atoms with E-state index in [1.807, 2.05) is 12.1 Å². The molecule has 1 fully saturated rings. The number of nitrogens with zero attached hydrogens (tertiary/aromatic N) is 5. The number of hydrogen-bond donors (Lipinski definition) is 1. The molecule has 1 N–H and O–H groups in total. The maximum absolute atomic E-state index is 12.5. The van der Waals surface area contributed by atoms with E-state index in [1.165, 1.54) is 25.7 Å². The first-order valence-electron chi connectivity index (χ1n) is 10.1. The molecule has 0 aliphatic carbocycles. The zero-order chi connectivity index (χ0) is 18.5. The number of aromatic nitrogens is 4. The van der Waals surface area contributed by atoms with Crippen LogP contribution < -0.4 is 5.32 Å². The van der Waals surface area contributed by atoms with E-state index in [9.17, 15) is 4.79 Å². The zero-order valence-corrected chi connectivity index (χ0v) is 15.8. The van der Waals surface area contributed by atoms with Gasteiger partial charge >= 0.3 is 0 Å². The lowest BCUT2D eigenvalue weighted by molar-refractivity contribution is -0.123. The predicted molar refractivity (Wildman–Crippen MR) is 103 cm³/mol. The summed E-state index contributed by atoms with van der Waals surface area (Å²) in [5, 5.41) is 12.0. The van der Waals surface area contributed by atoms with Crippen LogP contribution in [0.2, 0.25) is 0 Å². The number of hydrogen-bond acceptors (Lipinski definition) is 5. The van der Waals surface area contributed by atoms with Crippen LogP contribution in [0.25, 0.3) is 11.4 Å². The molecule has 1 amide bonds. The Hall–Kier alpha value is -2.28. The van der Waals surface area contributed by atoms with Crippen LogP contribution in [0, 0.1) is 0 Å². The number of amides is 1. The third-order valence-electron chi connectivity index (χ3n) is 5.61. The van der Waals surface area contributed by atoms with E-state index in [-0.39, 0.29) is 11.9 Å². The highest BCUT2D eigenvalue weighted by molar-refractivity contribution is 5.78. The third kappa shape index (κ3) is 4.53. The number of rotatable bonds is 4. The largest absolute Gasteiger partial charge is 0.352 e. The van der Waals surface area contributed by atoms with Crippen molar-refractivity contribution in [1.82, 2.24) is 30.0 Å². The van der Waals surface area contributed by atoms with Crippen molar-refractivity contribution >= 4 is 5.91 Å². The van der Waals surface area contributed by atoms with Crippen molar-refractivity contribution in [2.75, 3.05) is 19.6 Å². The van der Waals surface area contributed by atoms with Gasteiger partial charge in [0, 0.05) is 37.0 Å². The van der Waals surface area contributed by atoms with Gasteiger partial charge in [0.1, 0.15) is 5.82 Å². The summed E-state index contributed by atoms with van der Waals surface area (Å²) in [5.41, 5.74) is 1.03. The van der Waals surface area contributed by atoms with Crippen molar-refractivity contribution in [3.8, 4) is 11.4 Å². The summed E-state index contributed by atoms with van der Waals surface area (Å²) in [5.74, 6) is 2.06. The Bertz CT molecular complexity index is 751. The van der Waals surface area contributed by atoms with Gasteiger partial charge in [-0.1, -0.05) is 12.8 Å². The molecule has 7 heteroatoms. The summed E-state index contributed by atoms with van der Waals surface area (Å²) in [7, 11) is 0. The molecule has 0 spiro atoms. The van der Waals surface area contributed by atoms with Gasteiger partial charge in [0.25, 0.3) is 0 Å². The third-order valence-corrected chi connectivity index (χ3v) is 5.61. The molecule has 4 heterocycles. The van der Waals surface area contributed by atoms with Crippen molar-refractivity contribution in [2.45, 2.75) is 57.5 Å². The maximum atomic E-state index is 12.5. The summed E-state index contributed by atoms with van der Waals surface area (Å²) in [6, 6.07) is 4.13.